The summed E-state index contributed by atoms with van der Waals surface area (Å²) in [6.07, 6.45) is 1.54. The molecule has 2 aromatic rings. The maximum atomic E-state index is 10.9. The molecule has 2 rings (SSSR count). The number of nitrogens with zero attached hydrogens (tertiary/aromatic N) is 2. The van der Waals surface area contributed by atoms with Crippen LogP contribution >= 0.6 is 11.8 Å². The van der Waals surface area contributed by atoms with Crippen LogP contribution in [0.25, 0.3) is 0 Å². The van der Waals surface area contributed by atoms with Crippen molar-refractivity contribution in [3.8, 4) is 5.75 Å². The summed E-state index contributed by atoms with van der Waals surface area (Å²) in [5.41, 5.74) is 0.00493. The SMILES string of the molecule is COc1cccc(Sc2ncccc2[N+](=O)[O-])c1. The fourth-order valence-corrected chi connectivity index (χ4v) is 2.28. The van der Waals surface area contributed by atoms with Gasteiger partial charge in [0.05, 0.1) is 12.0 Å². The van der Waals surface area contributed by atoms with Crippen molar-refractivity contribution in [2.45, 2.75) is 9.92 Å². The second-order valence-corrected chi connectivity index (χ2v) is 4.43. The fraction of sp³-hybridized carbons (Fsp3) is 0.0833. The maximum absolute atomic E-state index is 10.9. The van der Waals surface area contributed by atoms with Crippen molar-refractivity contribution in [1.29, 1.82) is 0 Å². The Bertz CT molecular complexity index is 575. The van der Waals surface area contributed by atoms with Crippen molar-refractivity contribution in [3.05, 3.63) is 52.7 Å². The minimum absolute atomic E-state index is 0.00493. The van der Waals surface area contributed by atoms with Crippen molar-refractivity contribution in [2.24, 2.45) is 0 Å². The predicted molar refractivity (Wildman–Crippen MR) is 68.0 cm³/mol. The summed E-state index contributed by atoms with van der Waals surface area (Å²) in [5, 5.41) is 11.2. The van der Waals surface area contributed by atoms with Crippen LogP contribution in [0, 0.1) is 10.1 Å². The van der Waals surface area contributed by atoms with E-state index in [1.54, 1.807) is 13.2 Å². The Balaban J connectivity index is 2.31. The number of hydrogen-bond donors (Lipinski definition) is 0. The van der Waals surface area contributed by atoms with Crippen molar-refractivity contribution in [2.75, 3.05) is 7.11 Å². The van der Waals surface area contributed by atoms with Gasteiger partial charge in [-0.2, -0.15) is 0 Å². The topological polar surface area (TPSA) is 65.3 Å². The van der Waals surface area contributed by atoms with Crippen molar-refractivity contribution >= 4 is 17.4 Å². The maximum Gasteiger partial charge on any atom is 0.301 e. The van der Waals surface area contributed by atoms with E-state index < -0.39 is 4.92 Å². The van der Waals surface area contributed by atoms with Crippen LogP contribution in [0.5, 0.6) is 5.75 Å². The molecule has 0 fully saturated rings. The zero-order chi connectivity index (χ0) is 13.0. The summed E-state index contributed by atoms with van der Waals surface area (Å²) in [4.78, 5) is 15.3. The van der Waals surface area contributed by atoms with Crippen LogP contribution in [0.1, 0.15) is 0 Å². The molecule has 1 heterocycles. The molecule has 0 radical (unpaired) electrons. The third-order valence-corrected chi connectivity index (χ3v) is 3.20. The van der Waals surface area contributed by atoms with Gasteiger partial charge in [-0.25, -0.2) is 4.98 Å². The Morgan fingerprint density at radius 3 is 2.89 bits per heavy atom. The van der Waals surface area contributed by atoms with Gasteiger partial charge in [0.1, 0.15) is 5.75 Å². The van der Waals surface area contributed by atoms with E-state index in [2.05, 4.69) is 4.98 Å². The Labute approximate surface area is 108 Å². The molecule has 0 aliphatic carbocycles. The molecule has 5 nitrogen and oxygen atoms in total. The van der Waals surface area contributed by atoms with Crippen molar-refractivity contribution in [1.82, 2.24) is 4.98 Å². The highest BCUT2D eigenvalue weighted by atomic mass is 32.2. The van der Waals surface area contributed by atoms with E-state index in [1.165, 1.54) is 24.0 Å². The average Bonchev–Trinajstić information content (AvgIpc) is 2.39. The first-order chi connectivity index (χ1) is 8.70. The smallest absolute Gasteiger partial charge is 0.301 e. The van der Waals surface area contributed by atoms with E-state index in [1.807, 2.05) is 24.3 Å². The van der Waals surface area contributed by atoms with Gasteiger partial charge in [-0.1, -0.05) is 17.8 Å². The lowest BCUT2D eigenvalue weighted by Gasteiger charge is -2.04. The summed E-state index contributed by atoms with van der Waals surface area (Å²) in [6.45, 7) is 0. The number of ether oxygens (including phenoxy) is 1. The van der Waals surface area contributed by atoms with Gasteiger partial charge in [-0.15, -0.1) is 0 Å². The third kappa shape index (κ3) is 2.78. The molecule has 0 amide bonds. The monoisotopic (exact) mass is 262 g/mol. The Morgan fingerprint density at radius 1 is 1.33 bits per heavy atom. The molecule has 0 saturated carbocycles. The number of pyridine rings is 1. The summed E-state index contributed by atoms with van der Waals surface area (Å²) in [5.74, 6) is 0.707. The van der Waals surface area contributed by atoms with Crippen LogP contribution in [0.4, 0.5) is 5.69 Å². The first-order valence-corrected chi connectivity index (χ1v) is 5.93. The lowest BCUT2D eigenvalue weighted by molar-refractivity contribution is -0.388. The molecule has 6 heteroatoms. The van der Waals surface area contributed by atoms with E-state index in [0.717, 1.165) is 4.90 Å². The van der Waals surface area contributed by atoms with Crippen LogP contribution in [0.3, 0.4) is 0 Å². The van der Waals surface area contributed by atoms with E-state index in [9.17, 15) is 10.1 Å². The number of rotatable bonds is 4. The Morgan fingerprint density at radius 2 is 2.17 bits per heavy atom. The predicted octanol–water partition coefficient (Wildman–Crippen LogP) is 3.15. The van der Waals surface area contributed by atoms with Gasteiger partial charge < -0.3 is 4.74 Å². The van der Waals surface area contributed by atoms with Crippen LogP contribution in [0.15, 0.2) is 52.5 Å². The van der Waals surface area contributed by atoms with Gasteiger partial charge in [0.2, 0.25) is 0 Å². The second-order valence-electron chi connectivity index (χ2n) is 3.37. The highest BCUT2D eigenvalue weighted by Crippen LogP contribution is 2.33. The number of hydrogen-bond acceptors (Lipinski definition) is 5. The van der Waals surface area contributed by atoms with Gasteiger partial charge in [0, 0.05) is 17.2 Å². The molecule has 0 spiro atoms. The molecule has 0 aliphatic heterocycles. The minimum Gasteiger partial charge on any atom is -0.497 e. The zero-order valence-corrected chi connectivity index (χ0v) is 10.4. The van der Waals surface area contributed by atoms with Crippen molar-refractivity contribution < 1.29 is 9.66 Å². The summed E-state index contributed by atoms with van der Waals surface area (Å²) in [7, 11) is 1.58. The highest BCUT2D eigenvalue weighted by molar-refractivity contribution is 7.99. The van der Waals surface area contributed by atoms with Gasteiger partial charge in [0.15, 0.2) is 5.03 Å². The molecule has 0 unspecified atom stereocenters. The first kappa shape index (κ1) is 12.4. The quantitative estimate of drug-likeness (QED) is 0.625. The molecule has 92 valence electrons. The normalized spacial score (nSPS) is 10.1. The molecule has 18 heavy (non-hydrogen) atoms. The standard InChI is InChI=1S/C12H10N2O3S/c1-17-9-4-2-5-10(8-9)18-12-11(14(15)16)6-3-7-13-12/h2-8H,1H3. The molecule has 0 aliphatic rings. The average molecular weight is 262 g/mol. The molecule has 0 N–H and O–H groups in total. The molecular weight excluding hydrogens is 252 g/mol. The van der Waals surface area contributed by atoms with E-state index in [4.69, 9.17) is 4.74 Å². The molecule has 0 atom stereocenters. The van der Waals surface area contributed by atoms with E-state index >= 15 is 0 Å². The van der Waals surface area contributed by atoms with Crippen molar-refractivity contribution in [3.63, 3.8) is 0 Å². The third-order valence-electron chi connectivity index (χ3n) is 2.20. The van der Waals surface area contributed by atoms with Crippen LogP contribution in [-0.4, -0.2) is 17.0 Å². The number of nitro groups is 1. The number of methoxy groups -OCH3 is 1. The summed E-state index contributed by atoms with van der Waals surface area (Å²) < 4.78 is 5.10. The Kier molecular flexibility index (Phi) is 3.78. The van der Waals surface area contributed by atoms with Gasteiger partial charge in [0.25, 0.3) is 0 Å². The van der Waals surface area contributed by atoms with Gasteiger partial charge in [-0.05, 0) is 24.3 Å². The first-order valence-electron chi connectivity index (χ1n) is 5.12. The lowest BCUT2D eigenvalue weighted by Crippen LogP contribution is -1.92. The largest absolute Gasteiger partial charge is 0.497 e. The van der Waals surface area contributed by atoms with E-state index in [0.29, 0.717) is 10.8 Å². The lowest BCUT2D eigenvalue weighted by atomic mass is 10.3. The minimum atomic E-state index is -0.435. The molecule has 1 aromatic carbocycles. The highest BCUT2D eigenvalue weighted by Gasteiger charge is 2.15. The number of aromatic nitrogens is 1. The molecular formula is C12H10N2O3S. The molecule has 0 bridgehead atoms. The summed E-state index contributed by atoms with van der Waals surface area (Å²) in [6, 6.07) is 10.3. The van der Waals surface area contributed by atoms with Gasteiger partial charge >= 0.3 is 5.69 Å². The van der Waals surface area contributed by atoms with Crippen LogP contribution in [0.2, 0.25) is 0 Å². The fourth-order valence-electron chi connectivity index (χ4n) is 1.38. The second kappa shape index (κ2) is 5.50. The van der Waals surface area contributed by atoms with Crippen LogP contribution < -0.4 is 4.74 Å². The molecule has 0 saturated heterocycles. The van der Waals surface area contributed by atoms with Gasteiger partial charge in [-0.3, -0.25) is 10.1 Å². The van der Waals surface area contributed by atoms with Crippen LogP contribution in [-0.2, 0) is 0 Å². The van der Waals surface area contributed by atoms with E-state index in [-0.39, 0.29) is 5.69 Å². The summed E-state index contributed by atoms with van der Waals surface area (Å²) >= 11 is 1.24. The molecule has 1 aromatic heterocycles. The zero-order valence-electron chi connectivity index (χ0n) is 9.57. The Hall–Kier alpha value is -2.08. The number of benzene rings is 1.